The van der Waals surface area contributed by atoms with E-state index in [0.717, 1.165) is 26.1 Å². The molecule has 8 nitrogen and oxygen atoms in total. The summed E-state index contributed by atoms with van der Waals surface area (Å²) in [5.74, 6) is -0.469. The lowest BCUT2D eigenvalue weighted by molar-refractivity contribution is -0.125. The van der Waals surface area contributed by atoms with Crippen molar-refractivity contribution in [1.82, 2.24) is 18.8 Å². The van der Waals surface area contributed by atoms with E-state index in [9.17, 15) is 13.2 Å². The maximum Gasteiger partial charge on any atom is 0.281 e. The van der Waals surface area contributed by atoms with E-state index in [0.29, 0.717) is 25.7 Å². The Hall–Kier alpha value is -0.740. The van der Waals surface area contributed by atoms with Crippen LogP contribution in [-0.4, -0.2) is 94.4 Å². The van der Waals surface area contributed by atoms with E-state index in [-0.39, 0.29) is 18.4 Å². The molecular weight excluding hydrogens is 320 g/mol. The van der Waals surface area contributed by atoms with Gasteiger partial charge in [0.25, 0.3) is 10.2 Å². The minimum Gasteiger partial charge on any atom is -0.381 e. The number of hydrogen-bond acceptors (Lipinski definition) is 5. The van der Waals surface area contributed by atoms with Gasteiger partial charge in [-0.2, -0.15) is 17.0 Å². The molecule has 1 amide bonds. The molecular formula is C14H28N4O4S. The average Bonchev–Trinajstić information content (AvgIpc) is 2.78. The zero-order valence-electron chi connectivity index (χ0n) is 14.2. The van der Waals surface area contributed by atoms with Crippen LogP contribution in [0.2, 0.25) is 0 Å². The average molecular weight is 348 g/mol. The number of nitrogens with zero attached hydrogens (tertiary/aromatic N) is 3. The van der Waals surface area contributed by atoms with Gasteiger partial charge in [0.2, 0.25) is 5.91 Å². The fraction of sp³-hybridized carbons (Fsp3) is 0.929. The van der Waals surface area contributed by atoms with Crippen LogP contribution in [0.5, 0.6) is 0 Å². The highest BCUT2D eigenvalue weighted by atomic mass is 32.2. The van der Waals surface area contributed by atoms with Crippen molar-refractivity contribution in [2.75, 3.05) is 60.5 Å². The van der Waals surface area contributed by atoms with Gasteiger partial charge >= 0.3 is 0 Å². The molecule has 0 aliphatic carbocycles. The maximum absolute atomic E-state index is 12.5. The Bertz CT molecular complexity index is 505. The van der Waals surface area contributed by atoms with E-state index in [2.05, 4.69) is 10.2 Å². The number of nitrogens with one attached hydrogen (secondary N) is 1. The lowest BCUT2D eigenvalue weighted by atomic mass is 10.0. The predicted octanol–water partition coefficient (Wildman–Crippen LogP) is -1.05. The van der Waals surface area contributed by atoms with Crippen molar-refractivity contribution in [1.29, 1.82) is 0 Å². The molecule has 2 aliphatic rings. The van der Waals surface area contributed by atoms with Crippen LogP contribution in [0.1, 0.15) is 12.8 Å². The first-order valence-corrected chi connectivity index (χ1v) is 9.47. The van der Waals surface area contributed by atoms with Crippen LogP contribution in [0.15, 0.2) is 0 Å². The van der Waals surface area contributed by atoms with E-state index < -0.39 is 10.2 Å². The molecule has 2 rings (SSSR count). The fourth-order valence-corrected chi connectivity index (χ4v) is 4.34. The summed E-state index contributed by atoms with van der Waals surface area (Å²) in [6.45, 7) is 3.32. The van der Waals surface area contributed by atoms with Gasteiger partial charge in [-0.05, 0) is 12.8 Å². The largest absolute Gasteiger partial charge is 0.381 e. The van der Waals surface area contributed by atoms with Gasteiger partial charge < -0.3 is 10.1 Å². The Balaban J connectivity index is 2.17. The third-order valence-corrected chi connectivity index (χ3v) is 6.53. The molecule has 0 aromatic carbocycles. The molecule has 1 atom stereocenters. The van der Waals surface area contributed by atoms with Crippen LogP contribution >= 0.6 is 0 Å². The van der Waals surface area contributed by atoms with Crippen molar-refractivity contribution in [2.24, 2.45) is 5.92 Å². The van der Waals surface area contributed by atoms with Crippen LogP contribution in [-0.2, 0) is 19.7 Å². The highest BCUT2D eigenvalue weighted by molar-refractivity contribution is 7.86. The number of rotatable bonds is 4. The second-order valence-electron chi connectivity index (χ2n) is 6.30. The van der Waals surface area contributed by atoms with E-state index >= 15 is 0 Å². The van der Waals surface area contributed by atoms with Gasteiger partial charge in [0.05, 0.1) is 5.92 Å². The molecule has 23 heavy (non-hydrogen) atoms. The molecule has 0 aromatic rings. The lowest BCUT2D eigenvalue weighted by Crippen LogP contribution is -2.45. The maximum atomic E-state index is 12.5. The van der Waals surface area contributed by atoms with Crippen molar-refractivity contribution >= 4 is 16.1 Å². The number of carbonyl (C=O) groups excluding carboxylic acids is 1. The number of hydrogen-bond donors (Lipinski definition) is 1. The number of amides is 1. The Morgan fingerprint density at radius 3 is 2.39 bits per heavy atom. The second-order valence-corrected chi connectivity index (χ2v) is 8.44. The normalized spacial score (nSPS) is 26.2. The SMILES string of the molecule is CNC(=O)[C@@H]1CN(C2CCOCC2)CCN(S(=O)(=O)N(C)C)C1. The summed E-state index contributed by atoms with van der Waals surface area (Å²) >= 11 is 0. The molecule has 0 aromatic heterocycles. The molecule has 9 heteroatoms. The van der Waals surface area contributed by atoms with Gasteiger partial charge in [-0.3, -0.25) is 9.69 Å². The van der Waals surface area contributed by atoms with E-state index in [4.69, 9.17) is 4.74 Å². The van der Waals surface area contributed by atoms with Crippen molar-refractivity contribution < 1.29 is 17.9 Å². The Labute approximate surface area is 138 Å². The fourth-order valence-electron chi connectivity index (χ4n) is 3.20. The van der Waals surface area contributed by atoms with E-state index in [1.54, 1.807) is 7.05 Å². The minimum absolute atomic E-state index is 0.108. The summed E-state index contributed by atoms with van der Waals surface area (Å²) in [5.41, 5.74) is 0. The summed E-state index contributed by atoms with van der Waals surface area (Å²) in [4.78, 5) is 14.5. The molecule has 2 heterocycles. The summed E-state index contributed by atoms with van der Waals surface area (Å²) in [7, 11) is 1.12. The molecule has 0 bridgehead atoms. The first kappa shape index (κ1) is 18.6. The predicted molar refractivity (Wildman–Crippen MR) is 87.2 cm³/mol. The zero-order chi connectivity index (χ0) is 17.0. The molecule has 2 fully saturated rings. The molecule has 0 unspecified atom stereocenters. The molecule has 1 N–H and O–H groups in total. The van der Waals surface area contributed by atoms with Crippen LogP contribution in [0.3, 0.4) is 0 Å². The Morgan fingerprint density at radius 1 is 1.17 bits per heavy atom. The highest BCUT2D eigenvalue weighted by Gasteiger charge is 2.36. The quantitative estimate of drug-likeness (QED) is 0.701. The monoisotopic (exact) mass is 348 g/mol. The summed E-state index contributed by atoms with van der Waals surface area (Å²) in [6.07, 6.45) is 1.86. The van der Waals surface area contributed by atoms with Crippen LogP contribution < -0.4 is 5.32 Å². The smallest absolute Gasteiger partial charge is 0.281 e. The third kappa shape index (κ3) is 4.42. The van der Waals surface area contributed by atoms with Crippen molar-refractivity contribution in [3.63, 3.8) is 0 Å². The molecule has 0 saturated carbocycles. The van der Waals surface area contributed by atoms with E-state index in [1.807, 2.05) is 0 Å². The topological polar surface area (TPSA) is 82.2 Å². The number of ether oxygens (including phenoxy) is 1. The first-order chi connectivity index (χ1) is 10.9. The van der Waals surface area contributed by atoms with Crippen molar-refractivity contribution in [2.45, 2.75) is 18.9 Å². The first-order valence-electron chi connectivity index (χ1n) is 8.07. The van der Waals surface area contributed by atoms with Crippen LogP contribution in [0.25, 0.3) is 0 Å². The summed E-state index contributed by atoms with van der Waals surface area (Å²) in [5, 5.41) is 2.66. The van der Waals surface area contributed by atoms with Crippen molar-refractivity contribution in [3.05, 3.63) is 0 Å². The number of carbonyl (C=O) groups is 1. The molecule has 0 radical (unpaired) electrons. The molecule has 2 saturated heterocycles. The van der Waals surface area contributed by atoms with Gasteiger partial charge in [-0.25, -0.2) is 0 Å². The summed E-state index contributed by atoms with van der Waals surface area (Å²) < 4.78 is 33.0. The Morgan fingerprint density at radius 2 is 1.83 bits per heavy atom. The van der Waals surface area contributed by atoms with Crippen LogP contribution in [0.4, 0.5) is 0 Å². The molecule has 0 spiro atoms. The van der Waals surface area contributed by atoms with Gasteiger partial charge in [0, 0.05) is 66.6 Å². The standard InChI is InChI=1S/C14H28N4O4S/c1-15-14(19)12-10-17(13-4-8-22-9-5-13)6-7-18(11-12)23(20,21)16(2)3/h12-13H,4-11H2,1-3H3,(H,15,19)/t12-/m1/s1. The molecule has 2 aliphatic heterocycles. The molecule has 134 valence electrons. The highest BCUT2D eigenvalue weighted by Crippen LogP contribution is 2.21. The summed E-state index contributed by atoms with van der Waals surface area (Å²) in [6, 6.07) is 0.359. The lowest BCUT2D eigenvalue weighted by Gasteiger charge is -2.34. The van der Waals surface area contributed by atoms with Gasteiger partial charge in [-0.15, -0.1) is 0 Å². The van der Waals surface area contributed by atoms with Crippen molar-refractivity contribution in [3.8, 4) is 0 Å². The second kappa shape index (κ2) is 7.89. The van der Waals surface area contributed by atoms with Gasteiger partial charge in [0.15, 0.2) is 0 Å². The minimum atomic E-state index is -3.52. The third-order valence-electron chi connectivity index (χ3n) is 4.63. The van der Waals surface area contributed by atoms with Crippen LogP contribution in [0, 0.1) is 5.92 Å². The van der Waals surface area contributed by atoms with E-state index in [1.165, 1.54) is 22.7 Å². The zero-order valence-corrected chi connectivity index (χ0v) is 15.0. The van der Waals surface area contributed by atoms with Gasteiger partial charge in [0.1, 0.15) is 0 Å². The van der Waals surface area contributed by atoms with Gasteiger partial charge in [-0.1, -0.05) is 0 Å². The Kier molecular flexibility index (Phi) is 6.38.